The molecule has 0 saturated carbocycles. The summed E-state index contributed by atoms with van der Waals surface area (Å²) in [5.74, 6) is 0. The van der Waals surface area contributed by atoms with Gasteiger partial charge in [0.05, 0.1) is 0 Å². The van der Waals surface area contributed by atoms with Crippen LogP contribution in [0.25, 0.3) is 0 Å². The van der Waals surface area contributed by atoms with Crippen LogP contribution in [-0.2, 0) is 0 Å². The molecule has 0 N–H and O–H groups in total. The Morgan fingerprint density at radius 1 is 1.36 bits per heavy atom. The predicted octanol–water partition coefficient (Wildman–Crippen LogP) is 4.11. The first-order valence-corrected chi connectivity index (χ1v) is 4.20. The third-order valence-electron chi connectivity index (χ3n) is 1.04. The molecule has 0 heteroatoms. The van der Waals surface area contributed by atoms with Crippen molar-refractivity contribution in [1.82, 2.24) is 0 Å². The lowest BCUT2D eigenvalue weighted by Crippen LogP contribution is -1.68. The minimum absolute atomic E-state index is 0.990. The largest absolute Gasteiger partial charge is 0.103 e. The van der Waals surface area contributed by atoms with Gasteiger partial charge in [-0.1, -0.05) is 43.7 Å². The molecule has 0 aliphatic heterocycles. The first kappa shape index (κ1) is 12.9. The van der Waals surface area contributed by atoms with Crippen LogP contribution in [0.2, 0.25) is 0 Å². The van der Waals surface area contributed by atoms with E-state index in [1.165, 1.54) is 5.57 Å². The van der Waals surface area contributed by atoms with Crippen LogP contribution in [0.15, 0.2) is 36.5 Å². The summed E-state index contributed by atoms with van der Waals surface area (Å²) in [5, 5.41) is 0. The van der Waals surface area contributed by atoms with Gasteiger partial charge in [0.15, 0.2) is 0 Å². The highest BCUT2D eigenvalue weighted by Gasteiger charge is 1.78. The molecular weight excluding hydrogens is 132 g/mol. The highest BCUT2D eigenvalue weighted by molar-refractivity contribution is 5.11. The molecule has 0 aromatic rings. The molecule has 0 heterocycles. The van der Waals surface area contributed by atoms with Crippen LogP contribution >= 0.6 is 0 Å². The number of hydrogen-bond acceptors (Lipinski definition) is 0. The fraction of sp³-hybridized carbons (Fsp3) is 0.455. The molecule has 0 bridgehead atoms. The van der Waals surface area contributed by atoms with E-state index in [-0.39, 0.29) is 0 Å². The average molecular weight is 152 g/mol. The van der Waals surface area contributed by atoms with Gasteiger partial charge in [-0.3, -0.25) is 0 Å². The molecule has 0 aliphatic carbocycles. The molecule has 0 unspecified atom stereocenters. The Bertz CT molecular complexity index is 127. The van der Waals surface area contributed by atoms with Crippen LogP contribution in [0.1, 0.15) is 34.1 Å². The van der Waals surface area contributed by atoms with Crippen molar-refractivity contribution in [3.63, 3.8) is 0 Å². The normalized spacial score (nSPS) is 10.7. The highest BCUT2D eigenvalue weighted by Crippen LogP contribution is 1.98. The second kappa shape index (κ2) is 12.0. The number of rotatable bonds is 3. The van der Waals surface area contributed by atoms with Gasteiger partial charge in [-0.2, -0.15) is 0 Å². The summed E-state index contributed by atoms with van der Waals surface area (Å²) in [6.07, 6.45) is 9.06. The smallest absolute Gasteiger partial charge is 0.0141 e. The topological polar surface area (TPSA) is 0 Å². The van der Waals surface area contributed by atoms with Crippen molar-refractivity contribution in [2.75, 3.05) is 0 Å². The average Bonchev–Trinajstić information content (AvgIpc) is 2.05. The van der Waals surface area contributed by atoms with Crippen LogP contribution in [0.5, 0.6) is 0 Å². The third-order valence-corrected chi connectivity index (χ3v) is 1.04. The summed E-state index contributed by atoms with van der Waals surface area (Å²) in [7, 11) is 0. The fourth-order valence-corrected chi connectivity index (χ4v) is 0.556. The zero-order valence-corrected chi connectivity index (χ0v) is 8.22. The van der Waals surface area contributed by atoms with E-state index < -0.39 is 0 Å². The van der Waals surface area contributed by atoms with Gasteiger partial charge in [0.1, 0.15) is 0 Å². The predicted molar refractivity (Wildman–Crippen MR) is 54.7 cm³/mol. The van der Waals surface area contributed by atoms with E-state index in [0.717, 1.165) is 6.42 Å². The Labute approximate surface area is 71.3 Å². The summed E-state index contributed by atoms with van der Waals surface area (Å²) in [6.45, 7) is 11.8. The van der Waals surface area contributed by atoms with Crippen molar-refractivity contribution in [2.45, 2.75) is 34.1 Å². The minimum Gasteiger partial charge on any atom is -0.103 e. The summed E-state index contributed by atoms with van der Waals surface area (Å²) in [5.41, 5.74) is 1.35. The van der Waals surface area contributed by atoms with E-state index in [4.69, 9.17) is 0 Å². The molecule has 64 valence electrons. The van der Waals surface area contributed by atoms with Gasteiger partial charge in [0.25, 0.3) is 0 Å². The zero-order chi connectivity index (χ0) is 9.11. The van der Waals surface area contributed by atoms with Crippen molar-refractivity contribution in [3.05, 3.63) is 36.5 Å². The zero-order valence-electron chi connectivity index (χ0n) is 8.22. The molecule has 0 amide bonds. The first-order chi connectivity index (χ1) is 5.31. The molecule has 11 heavy (non-hydrogen) atoms. The third kappa shape index (κ3) is 12.4. The second-order valence-corrected chi connectivity index (χ2v) is 2.03. The van der Waals surface area contributed by atoms with Gasteiger partial charge in [-0.25, -0.2) is 0 Å². The van der Waals surface area contributed by atoms with Gasteiger partial charge in [0, 0.05) is 0 Å². The lowest BCUT2D eigenvalue weighted by Gasteiger charge is -1.88. The van der Waals surface area contributed by atoms with E-state index in [0.29, 0.717) is 0 Å². The Hall–Kier alpha value is -0.780. The monoisotopic (exact) mass is 152 g/mol. The molecule has 0 aromatic heterocycles. The molecule has 0 fully saturated rings. The van der Waals surface area contributed by atoms with Gasteiger partial charge in [0.2, 0.25) is 0 Å². The highest BCUT2D eigenvalue weighted by atomic mass is 13.8. The number of allylic oxidation sites excluding steroid dienone is 5. The van der Waals surface area contributed by atoms with E-state index in [1.807, 2.05) is 39.0 Å². The Morgan fingerprint density at radius 3 is 2.27 bits per heavy atom. The molecule has 0 aliphatic rings. The lowest BCUT2D eigenvalue weighted by molar-refractivity contribution is 1.22. The Balaban J connectivity index is 0. The van der Waals surface area contributed by atoms with Crippen LogP contribution < -0.4 is 0 Å². The van der Waals surface area contributed by atoms with Gasteiger partial charge < -0.3 is 0 Å². The van der Waals surface area contributed by atoms with Gasteiger partial charge in [-0.05, 0) is 20.3 Å². The molecular formula is C11H20. The molecule has 0 spiro atoms. The molecule has 0 nitrogen and oxygen atoms in total. The van der Waals surface area contributed by atoms with Crippen LogP contribution in [0.3, 0.4) is 0 Å². The van der Waals surface area contributed by atoms with Crippen molar-refractivity contribution >= 4 is 0 Å². The summed E-state index contributed by atoms with van der Waals surface area (Å²) in [6, 6.07) is 0. The number of hydrogen-bond donors (Lipinski definition) is 0. The van der Waals surface area contributed by atoms with E-state index >= 15 is 0 Å². The van der Waals surface area contributed by atoms with Crippen LogP contribution in [0.4, 0.5) is 0 Å². The lowest BCUT2D eigenvalue weighted by atomic mass is 10.2. The maximum absolute atomic E-state index is 3.64. The van der Waals surface area contributed by atoms with Gasteiger partial charge >= 0.3 is 0 Å². The van der Waals surface area contributed by atoms with E-state index in [2.05, 4.69) is 19.6 Å². The molecule has 0 saturated heterocycles. The minimum atomic E-state index is 0.990. The maximum Gasteiger partial charge on any atom is -0.0141 e. The standard InChI is InChI=1S/C9H14.C2H6/c1-4-6-8-9(3)7-5-2;1-2/h4-6,8H,2,7H2,1,3H3;1-2H3/b6-4-,9-8-;. The quantitative estimate of drug-likeness (QED) is 0.421. The van der Waals surface area contributed by atoms with Crippen molar-refractivity contribution in [1.29, 1.82) is 0 Å². The van der Waals surface area contributed by atoms with Crippen molar-refractivity contribution in [3.8, 4) is 0 Å². The summed E-state index contributed by atoms with van der Waals surface area (Å²) >= 11 is 0. The second-order valence-electron chi connectivity index (χ2n) is 2.03. The Kier molecular flexibility index (Phi) is 14.0. The SMILES string of the molecule is C=CC/C(C)=C\C=C/C.CC. The summed E-state index contributed by atoms with van der Waals surface area (Å²) in [4.78, 5) is 0. The van der Waals surface area contributed by atoms with Crippen molar-refractivity contribution < 1.29 is 0 Å². The van der Waals surface area contributed by atoms with Crippen LogP contribution in [0, 0.1) is 0 Å². The van der Waals surface area contributed by atoms with Crippen molar-refractivity contribution in [2.24, 2.45) is 0 Å². The first-order valence-electron chi connectivity index (χ1n) is 4.20. The molecule has 0 radical (unpaired) electrons. The summed E-state index contributed by atoms with van der Waals surface area (Å²) < 4.78 is 0. The maximum atomic E-state index is 3.64. The molecule has 0 aromatic carbocycles. The van der Waals surface area contributed by atoms with E-state index in [1.54, 1.807) is 0 Å². The van der Waals surface area contributed by atoms with Crippen LogP contribution in [-0.4, -0.2) is 0 Å². The Morgan fingerprint density at radius 2 is 1.91 bits per heavy atom. The fourth-order valence-electron chi connectivity index (χ4n) is 0.556. The molecule has 0 rings (SSSR count). The molecule has 0 atom stereocenters. The van der Waals surface area contributed by atoms with E-state index in [9.17, 15) is 0 Å². The van der Waals surface area contributed by atoms with Gasteiger partial charge in [-0.15, -0.1) is 6.58 Å².